The van der Waals surface area contributed by atoms with Gasteiger partial charge in [-0.1, -0.05) is 36.0 Å². The highest BCUT2D eigenvalue weighted by Crippen LogP contribution is 2.27. The summed E-state index contributed by atoms with van der Waals surface area (Å²) >= 11 is 1.36. The number of aliphatic imine (C=N–C) groups is 1. The Labute approximate surface area is 184 Å². The van der Waals surface area contributed by atoms with Gasteiger partial charge in [0.15, 0.2) is 0 Å². The van der Waals surface area contributed by atoms with Crippen LogP contribution in [0.3, 0.4) is 0 Å². The predicted octanol–water partition coefficient (Wildman–Crippen LogP) is 3.48. The molecule has 7 nitrogen and oxygen atoms in total. The number of hydrogen-bond acceptors (Lipinski definition) is 6. The number of nitrogens with zero attached hydrogens (tertiary/aromatic N) is 3. The molecule has 0 spiro atoms. The van der Waals surface area contributed by atoms with E-state index in [-0.39, 0.29) is 29.4 Å². The van der Waals surface area contributed by atoms with Gasteiger partial charge in [-0.2, -0.15) is 4.99 Å². The van der Waals surface area contributed by atoms with Crippen molar-refractivity contribution < 1.29 is 14.3 Å². The third kappa shape index (κ3) is 4.80. The van der Waals surface area contributed by atoms with Crippen molar-refractivity contribution in [1.29, 1.82) is 0 Å². The van der Waals surface area contributed by atoms with E-state index >= 15 is 0 Å². The van der Waals surface area contributed by atoms with Crippen LogP contribution in [0, 0.1) is 0 Å². The molecule has 1 unspecified atom stereocenters. The Kier molecular flexibility index (Phi) is 6.08. The zero-order valence-electron chi connectivity index (χ0n) is 17.6. The summed E-state index contributed by atoms with van der Waals surface area (Å²) in [5.41, 5.74) is 1.57. The van der Waals surface area contributed by atoms with E-state index in [0.717, 1.165) is 5.56 Å². The molecule has 1 amide bonds. The summed E-state index contributed by atoms with van der Waals surface area (Å²) in [6.07, 6.45) is 0.560. The monoisotopic (exact) mass is 437 g/mol. The third-order valence-electron chi connectivity index (χ3n) is 4.84. The zero-order chi connectivity index (χ0) is 22.0. The Morgan fingerprint density at radius 1 is 1.10 bits per heavy atom. The van der Waals surface area contributed by atoms with Gasteiger partial charge in [-0.3, -0.25) is 14.2 Å². The molecule has 1 aromatic heterocycles. The lowest BCUT2D eigenvalue weighted by Crippen LogP contribution is -2.23. The third-order valence-corrected chi connectivity index (χ3v) is 5.89. The molecular formula is C23H23N3O4S. The summed E-state index contributed by atoms with van der Waals surface area (Å²) in [4.78, 5) is 33.1. The summed E-state index contributed by atoms with van der Waals surface area (Å²) in [5.74, 6) is 1.05. The van der Waals surface area contributed by atoms with Crippen molar-refractivity contribution in [1.82, 2.24) is 9.55 Å². The van der Waals surface area contributed by atoms with E-state index in [0.29, 0.717) is 34.1 Å². The molecule has 8 heteroatoms. The van der Waals surface area contributed by atoms with Gasteiger partial charge in [-0.15, -0.1) is 0 Å². The van der Waals surface area contributed by atoms with E-state index in [1.807, 2.05) is 56.3 Å². The maximum Gasteiger partial charge on any atom is 0.263 e. The number of ether oxygens (including phenoxy) is 2. The SMILES string of the molecule is CC(C)OC1=NC(=O)C(Cc2ccc(OCc3nc4ccccc4c(=O)n3C)cc2)S1. The Morgan fingerprint density at radius 2 is 1.84 bits per heavy atom. The quantitative estimate of drug-likeness (QED) is 0.587. The molecule has 1 aliphatic heterocycles. The van der Waals surface area contributed by atoms with Gasteiger partial charge >= 0.3 is 0 Å². The molecule has 160 valence electrons. The van der Waals surface area contributed by atoms with E-state index in [1.165, 1.54) is 16.3 Å². The molecule has 0 N–H and O–H groups in total. The Hall–Kier alpha value is -3.13. The number of carbonyl (C=O) groups excluding carboxylic acids is 1. The van der Waals surface area contributed by atoms with Crippen LogP contribution in [0.15, 0.2) is 58.3 Å². The van der Waals surface area contributed by atoms with Crippen molar-refractivity contribution in [3.8, 4) is 5.75 Å². The molecule has 1 aliphatic rings. The number of benzene rings is 2. The average Bonchev–Trinajstić information content (AvgIpc) is 3.08. The standard InChI is InChI=1S/C23H23N3O4S/c1-14(2)30-23-25-21(27)19(31-23)12-15-8-10-16(11-9-15)29-13-20-24-18-7-5-4-6-17(18)22(28)26(20)3/h4-11,14,19H,12-13H2,1-3H3. The second-order valence-electron chi connectivity index (χ2n) is 7.54. The zero-order valence-corrected chi connectivity index (χ0v) is 18.4. The van der Waals surface area contributed by atoms with Gasteiger partial charge in [-0.05, 0) is 50.1 Å². The van der Waals surface area contributed by atoms with Gasteiger partial charge < -0.3 is 9.47 Å². The molecule has 2 aromatic carbocycles. The van der Waals surface area contributed by atoms with Crippen LogP contribution in [0.1, 0.15) is 25.2 Å². The Morgan fingerprint density at radius 3 is 2.58 bits per heavy atom. The normalized spacial score (nSPS) is 16.1. The molecule has 0 saturated carbocycles. The maximum absolute atomic E-state index is 12.5. The van der Waals surface area contributed by atoms with E-state index in [2.05, 4.69) is 9.98 Å². The highest BCUT2D eigenvalue weighted by atomic mass is 32.2. The van der Waals surface area contributed by atoms with Crippen molar-refractivity contribution in [3.05, 3.63) is 70.3 Å². The van der Waals surface area contributed by atoms with Crippen LogP contribution >= 0.6 is 11.8 Å². The first-order valence-electron chi connectivity index (χ1n) is 10.0. The molecule has 1 atom stereocenters. The second kappa shape index (κ2) is 8.93. The number of thioether (sulfide) groups is 1. The summed E-state index contributed by atoms with van der Waals surface area (Å²) in [5, 5.41) is 0.763. The van der Waals surface area contributed by atoms with Gasteiger partial charge in [0.1, 0.15) is 18.2 Å². The maximum atomic E-state index is 12.5. The lowest BCUT2D eigenvalue weighted by Gasteiger charge is -2.12. The van der Waals surface area contributed by atoms with Crippen LogP contribution in [0.2, 0.25) is 0 Å². The molecule has 0 radical (unpaired) electrons. The van der Waals surface area contributed by atoms with Crippen molar-refractivity contribution >= 4 is 33.8 Å². The van der Waals surface area contributed by atoms with Crippen molar-refractivity contribution in [2.24, 2.45) is 12.0 Å². The van der Waals surface area contributed by atoms with Gasteiger partial charge in [0, 0.05) is 7.05 Å². The first kappa shape index (κ1) is 21.1. The summed E-state index contributed by atoms with van der Waals surface area (Å²) in [6, 6.07) is 14.8. The molecule has 31 heavy (non-hydrogen) atoms. The average molecular weight is 438 g/mol. The minimum atomic E-state index is -0.267. The summed E-state index contributed by atoms with van der Waals surface area (Å²) in [7, 11) is 1.69. The molecule has 0 aliphatic carbocycles. The lowest BCUT2D eigenvalue weighted by molar-refractivity contribution is -0.117. The first-order chi connectivity index (χ1) is 14.9. The Bertz CT molecular complexity index is 1200. The van der Waals surface area contributed by atoms with Gasteiger partial charge in [0.2, 0.25) is 0 Å². The number of para-hydroxylation sites is 1. The highest BCUT2D eigenvalue weighted by Gasteiger charge is 2.30. The van der Waals surface area contributed by atoms with Crippen LogP contribution in [-0.2, 0) is 29.6 Å². The van der Waals surface area contributed by atoms with Crippen LogP contribution in [0.4, 0.5) is 0 Å². The lowest BCUT2D eigenvalue weighted by atomic mass is 10.1. The summed E-state index contributed by atoms with van der Waals surface area (Å²) in [6.45, 7) is 3.99. The largest absolute Gasteiger partial charge is 0.486 e. The number of aromatic nitrogens is 2. The molecule has 3 aromatic rings. The number of fused-ring (bicyclic) bond motifs is 1. The second-order valence-corrected chi connectivity index (χ2v) is 8.69. The summed E-state index contributed by atoms with van der Waals surface area (Å²) < 4.78 is 12.9. The van der Waals surface area contributed by atoms with E-state index in [1.54, 1.807) is 13.1 Å². The molecule has 4 rings (SSSR count). The number of carbonyl (C=O) groups is 1. The number of hydrogen-bond donors (Lipinski definition) is 0. The minimum Gasteiger partial charge on any atom is -0.486 e. The Balaban J connectivity index is 1.39. The molecular weight excluding hydrogens is 414 g/mol. The smallest absolute Gasteiger partial charge is 0.263 e. The molecule has 0 bridgehead atoms. The highest BCUT2D eigenvalue weighted by molar-refractivity contribution is 8.15. The molecule has 0 fully saturated rings. The van der Waals surface area contributed by atoms with E-state index in [4.69, 9.17) is 9.47 Å². The first-order valence-corrected chi connectivity index (χ1v) is 10.9. The van der Waals surface area contributed by atoms with Crippen molar-refractivity contribution in [2.75, 3.05) is 0 Å². The topological polar surface area (TPSA) is 82.8 Å². The fourth-order valence-electron chi connectivity index (χ4n) is 3.22. The van der Waals surface area contributed by atoms with E-state index < -0.39 is 0 Å². The van der Waals surface area contributed by atoms with Gasteiger partial charge in [-0.25, -0.2) is 4.98 Å². The van der Waals surface area contributed by atoms with Crippen LogP contribution in [0.25, 0.3) is 10.9 Å². The minimum absolute atomic E-state index is 0.00850. The van der Waals surface area contributed by atoms with E-state index in [9.17, 15) is 9.59 Å². The van der Waals surface area contributed by atoms with Crippen molar-refractivity contribution in [3.63, 3.8) is 0 Å². The van der Waals surface area contributed by atoms with Crippen LogP contribution < -0.4 is 10.3 Å². The number of rotatable bonds is 6. The predicted molar refractivity (Wildman–Crippen MR) is 122 cm³/mol. The van der Waals surface area contributed by atoms with Gasteiger partial charge in [0.25, 0.3) is 16.7 Å². The number of amides is 1. The van der Waals surface area contributed by atoms with Crippen LogP contribution in [-0.4, -0.2) is 32.0 Å². The van der Waals surface area contributed by atoms with Crippen LogP contribution in [0.5, 0.6) is 5.75 Å². The van der Waals surface area contributed by atoms with Crippen molar-refractivity contribution in [2.45, 2.75) is 38.2 Å². The fourth-order valence-corrected chi connectivity index (χ4v) is 4.29. The molecule has 2 heterocycles. The van der Waals surface area contributed by atoms with Gasteiger partial charge in [0.05, 0.1) is 22.3 Å². The molecule has 0 saturated heterocycles. The fraction of sp³-hybridized carbons (Fsp3) is 0.304.